The molecule has 0 bridgehead atoms. The number of nitrogens with zero attached hydrogens (tertiary/aromatic N) is 4. The average Bonchev–Trinajstić information content (AvgIpc) is 2.92. The SMILES string of the molecule is CCCCCNC(=O)Cc1c(C)nc2nc(C(F)(F)F)nn2c1C. The molecule has 0 radical (unpaired) electrons. The summed E-state index contributed by atoms with van der Waals surface area (Å²) >= 11 is 0. The number of nitrogens with one attached hydrogen (secondary N) is 1. The van der Waals surface area contributed by atoms with Gasteiger partial charge in [-0.05, 0) is 20.3 Å². The van der Waals surface area contributed by atoms with Gasteiger partial charge in [0.15, 0.2) is 0 Å². The Balaban J connectivity index is 2.23. The minimum Gasteiger partial charge on any atom is -0.356 e. The molecule has 132 valence electrons. The van der Waals surface area contributed by atoms with Crippen LogP contribution in [-0.4, -0.2) is 32.0 Å². The number of unbranched alkanes of at least 4 members (excludes halogenated alkanes) is 2. The minimum atomic E-state index is -4.63. The predicted octanol–water partition coefficient (Wildman–Crippen LogP) is 2.61. The molecule has 24 heavy (non-hydrogen) atoms. The standard InChI is InChI=1S/C15H20F3N5O/c1-4-5-6-7-19-12(24)8-11-9(2)20-14-21-13(15(16,17)18)22-23(14)10(11)3/h4-8H2,1-3H3,(H,19,24). The van der Waals surface area contributed by atoms with Crippen LogP contribution in [0.2, 0.25) is 0 Å². The van der Waals surface area contributed by atoms with Gasteiger partial charge in [-0.1, -0.05) is 19.8 Å². The molecule has 2 aromatic heterocycles. The van der Waals surface area contributed by atoms with Crippen LogP contribution >= 0.6 is 0 Å². The van der Waals surface area contributed by atoms with Crippen LogP contribution in [0.4, 0.5) is 13.2 Å². The van der Waals surface area contributed by atoms with Crippen LogP contribution in [0.5, 0.6) is 0 Å². The summed E-state index contributed by atoms with van der Waals surface area (Å²) in [5, 5.41) is 6.27. The fourth-order valence-corrected chi connectivity index (χ4v) is 2.41. The number of rotatable bonds is 6. The van der Waals surface area contributed by atoms with Gasteiger partial charge in [0.25, 0.3) is 11.6 Å². The van der Waals surface area contributed by atoms with Gasteiger partial charge in [-0.2, -0.15) is 18.2 Å². The van der Waals surface area contributed by atoms with Crippen molar-refractivity contribution >= 4 is 11.7 Å². The fraction of sp³-hybridized carbons (Fsp3) is 0.600. The second-order valence-electron chi connectivity index (χ2n) is 5.64. The third-order valence-corrected chi connectivity index (χ3v) is 3.74. The zero-order valence-corrected chi connectivity index (χ0v) is 13.9. The normalized spacial score (nSPS) is 11.9. The summed E-state index contributed by atoms with van der Waals surface area (Å²) in [6, 6.07) is 0. The van der Waals surface area contributed by atoms with E-state index in [-0.39, 0.29) is 18.1 Å². The van der Waals surface area contributed by atoms with E-state index < -0.39 is 12.0 Å². The van der Waals surface area contributed by atoms with Gasteiger partial charge in [0.2, 0.25) is 5.91 Å². The summed E-state index contributed by atoms with van der Waals surface area (Å²) in [6.07, 6.45) is -1.60. The van der Waals surface area contributed by atoms with Gasteiger partial charge in [-0.3, -0.25) is 4.79 Å². The second kappa shape index (κ2) is 7.14. The van der Waals surface area contributed by atoms with Crippen LogP contribution in [0, 0.1) is 13.8 Å². The lowest BCUT2D eigenvalue weighted by molar-refractivity contribution is -0.144. The Bertz CT molecular complexity index is 739. The first-order valence-electron chi connectivity index (χ1n) is 7.80. The largest absolute Gasteiger partial charge is 0.453 e. The number of carbonyl (C=O) groups is 1. The Labute approximate surface area is 137 Å². The van der Waals surface area contributed by atoms with E-state index in [9.17, 15) is 18.0 Å². The second-order valence-corrected chi connectivity index (χ2v) is 5.64. The van der Waals surface area contributed by atoms with Crippen LogP contribution < -0.4 is 5.32 Å². The van der Waals surface area contributed by atoms with E-state index >= 15 is 0 Å². The van der Waals surface area contributed by atoms with Crippen LogP contribution in [0.1, 0.15) is 49.0 Å². The molecule has 9 heteroatoms. The lowest BCUT2D eigenvalue weighted by atomic mass is 10.1. The topological polar surface area (TPSA) is 72.2 Å². The molecule has 0 aliphatic carbocycles. The number of carbonyl (C=O) groups excluding carboxylic acids is 1. The van der Waals surface area contributed by atoms with E-state index in [1.54, 1.807) is 13.8 Å². The maximum Gasteiger partial charge on any atom is 0.453 e. The van der Waals surface area contributed by atoms with Crippen molar-refractivity contribution in [3.8, 4) is 0 Å². The molecular formula is C15H20F3N5O. The summed E-state index contributed by atoms with van der Waals surface area (Å²) in [7, 11) is 0. The Kier molecular flexibility index (Phi) is 5.40. The van der Waals surface area contributed by atoms with E-state index in [4.69, 9.17) is 0 Å². The van der Waals surface area contributed by atoms with Crippen LogP contribution in [0.3, 0.4) is 0 Å². The maximum absolute atomic E-state index is 12.7. The molecular weight excluding hydrogens is 323 g/mol. The summed E-state index contributed by atoms with van der Waals surface area (Å²) < 4.78 is 39.3. The van der Waals surface area contributed by atoms with E-state index in [0.717, 1.165) is 23.8 Å². The zero-order valence-electron chi connectivity index (χ0n) is 13.9. The van der Waals surface area contributed by atoms with Crippen molar-refractivity contribution in [2.75, 3.05) is 6.54 Å². The third-order valence-electron chi connectivity index (χ3n) is 3.74. The Morgan fingerprint density at radius 3 is 2.54 bits per heavy atom. The van der Waals surface area contributed by atoms with E-state index in [2.05, 4.69) is 27.3 Å². The van der Waals surface area contributed by atoms with Crippen molar-refractivity contribution in [1.82, 2.24) is 24.9 Å². The Hall–Kier alpha value is -2.19. The first-order chi connectivity index (χ1) is 11.2. The summed E-state index contributed by atoms with van der Waals surface area (Å²) in [6.45, 7) is 5.91. The highest BCUT2D eigenvalue weighted by Crippen LogP contribution is 2.27. The molecule has 0 aliphatic heterocycles. The number of halogens is 3. The number of hydrogen-bond donors (Lipinski definition) is 1. The molecule has 2 heterocycles. The molecule has 6 nitrogen and oxygen atoms in total. The number of hydrogen-bond acceptors (Lipinski definition) is 4. The van der Waals surface area contributed by atoms with Gasteiger partial charge in [0.1, 0.15) is 0 Å². The van der Waals surface area contributed by atoms with Gasteiger partial charge in [-0.25, -0.2) is 9.50 Å². The fourth-order valence-electron chi connectivity index (χ4n) is 2.41. The van der Waals surface area contributed by atoms with E-state index in [0.29, 0.717) is 23.5 Å². The van der Waals surface area contributed by atoms with Gasteiger partial charge in [0, 0.05) is 23.5 Å². The molecule has 2 aromatic rings. The van der Waals surface area contributed by atoms with Crippen molar-refractivity contribution < 1.29 is 18.0 Å². The van der Waals surface area contributed by atoms with E-state index in [1.165, 1.54) is 0 Å². The third kappa shape index (κ3) is 4.01. The molecule has 0 aliphatic rings. The molecule has 0 aromatic carbocycles. The minimum absolute atomic E-state index is 0.0495. The first kappa shape index (κ1) is 18.2. The highest BCUT2D eigenvalue weighted by atomic mass is 19.4. The summed E-state index contributed by atoms with van der Waals surface area (Å²) in [5.74, 6) is -1.54. The number of amides is 1. The molecule has 0 atom stereocenters. The van der Waals surface area contributed by atoms with Crippen molar-refractivity contribution in [1.29, 1.82) is 0 Å². The molecule has 0 unspecified atom stereocenters. The van der Waals surface area contributed by atoms with E-state index in [1.807, 2.05) is 0 Å². The summed E-state index contributed by atoms with van der Waals surface area (Å²) in [4.78, 5) is 19.5. The number of alkyl halides is 3. The lowest BCUT2D eigenvalue weighted by Gasteiger charge is -2.10. The van der Waals surface area contributed by atoms with Crippen LogP contribution in [-0.2, 0) is 17.4 Å². The Morgan fingerprint density at radius 1 is 1.21 bits per heavy atom. The number of aryl methyl sites for hydroxylation is 2. The van der Waals surface area contributed by atoms with Gasteiger partial charge >= 0.3 is 6.18 Å². The van der Waals surface area contributed by atoms with Gasteiger partial charge in [0.05, 0.1) is 6.42 Å². The van der Waals surface area contributed by atoms with Crippen molar-refractivity contribution in [3.05, 3.63) is 22.8 Å². The highest BCUT2D eigenvalue weighted by molar-refractivity contribution is 5.79. The van der Waals surface area contributed by atoms with Crippen LogP contribution in [0.25, 0.3) is 5.78 Å². The van der Waals surface area contributed by atoms with Crippen molar-refractivity contribution in [3.63, 3.8) is 0 Å². The quantitative estimate of drug-likeness (QED) is 0.819. The molecule has 0 fully saturated rings. The maximum atomic E-state index is 12.7. The highest BCUT2D eigenvalue weighted by Gasteiger charge is 2.37. The molecule has 1 N–H and O–H groups in total. The van der Waals surface area contributed by atoms with Gasteiger partial charge < -0.3 is 5.32 Å². The zero-order chi connectivity index (χ0) is 17.9. The average molecular weight is 343 g/mol. The van der Waals surface area contributed by atoms with Crippen molar-refractivity contribution in [2.24, 2.45) is 0 Å². The molecule has 2 rings (SSSR count). The lowest BCUT2D eigenvalue weighted by Crippen LogP contribution is -2.27. The monoisotopic (exact) mass is 343 g/mol. The number of aromatic nitrogens is 4. The molecule has 0 saturated heterocycles. The van der Waals surface area contributed by atoms with Crippen LogP contribution in [0.15, 0.2) is 0 Å². The smallest absolute Gasteiger partial charge is 0.356 e. The summed E-state index contributed by atoms with van der Waals surface area (Å²) in [5.41, 5.74) is 1.48. The van der Waals surface area contributed by atoms with Gasteiger partial charge in [-0.15, -0.1) is 5.10 Å². The molecule has 1 amide bonds. The Morgan fingerprint density at radius 2 is 1.92 bits per heavy atom. The van der Waals surface area contributed by atoms with Crippen molar-refractivity contribution in [2.45, 2.75) is 52.6 Å². The predicted molar refractivity (Wildman–Crippen MR) is 81.5 cm³/mol. The number of fused-ring (bicyclic) bond motifs is 1. The molecule has 0 saturated carbocycles. The molecule has 0 spiro atoms. The first-order valence-corrected chi connectivity index (χ1v) is 7.80.